The maximum absolute atomic E-state index is 6.08. The third kappa shape index (κ3) is 2.92. The molecule has 4 heteroatoms. The highest BCUT2D eigenvalue weighted by Crippen LogP contribution is 2.41. The number of hydrogen-bond donors (Lipinski definition) is 1. The van der Waals surface area contributed by atoms with Crippen molar-refractivity contribution in [2.75, 3.05) is 13.2 Å². The monoisotopic (exact) mass is 317 g/mol. The number of likely N-dealkylation sites (N-methyl/N-ethyl adjacent to an activating group) is 1. The Hall–Kier alpha value is 0.1000. The molecule has 0 aromatic carbocycles. The summed E-state index contributed by atoms with van der Waals surface area (Å²) in [6.07, 6.45) is 3.59. The molecular weight excluding hydrogens is 298 g/mol. The Morgan fingerprint density at radius 2 is 2.41 bits per heavy atom. The highest BCUT2D eigenvalue weighted by molar-refractivity contribution is 9.10. The highest BCUT2D eigenvalue weighted by atomic mass is 79.9. The fraction of sp³-hybridized carbons (Fsp3) is 0.692. The topological polar surface area (TPSA) is 21.3 Å². The van der Waals surface area contributed by atoms with Crippen molar-refractivity contribution in [2.24, 2.45) is 0 Å². The molecule has 2 rings (SSSR count). The average Bonchev–Trinajstić information content (AvgIpc) is 2.73. The largest absolute Gasteiger partial charge is 0.373 e. The summed E-state index contributed by atoms with van der Waals surface area (Å²) in [5.41, 5.74) is -0.0678. The smallest absolute Gasteiger partial charge is 0.0856 e. The van der Waals surface area contributed by atoms with Crippen LogP contribution in [0.5, 0.6) is 0 Å². The number of rotatable bonds is 4. The van der Waals surface area contributed by atoms with E-state index in [4.69, 9.17) is 4.74 Å². The molecule has 2 heterocycles. The Balaban J connectivity index is 2.25. The molecule has 96 valence electrons. The molecular formula is C13H20BrNOS. The number of nitrogens with one attached hydrogen (secondary N) is 1. The first-order valence-corrected chi connectivity index (χ1v) is 7.95. The zero-order chi connectivity index (χ0) is 12.3. The van der Waals surface area contributed by atoms with E-state index >= 15 is 0 Å². The summed E-state index contributed by atoms with van der Waals surface area (Å²) >= 11 is 5.44. The lowest BCUT2D eigenvalue weighted by Crippen LogP contribution is -2.45. The molecule has 1 aliphatic rings. The van der Waals surface area contributed by atoms with E-state index in [0.717, 1.165) is 19.6 Å². The van der Waals surface area contributed by atoms with Gasteiger partial charge in [0.05, 0.1) is 11.6 Å². The SMILES string of the molecule is CCNC(c1sccc1Br)C1(C)CCCCO1. The molecule has 1 saturated heterocycles. The molecule has 1 N–H and O–H groups in total. The van der Waals surface area contributed by atoms with Gasteiger partial charge in [-0.05, 0) is 60.1 Å². The van der Waals surface area contributed by atoms with E-state index in [9.17, 15) is 0 Å². The Morgan fingerprint density at radius 1 is 1.59 bits per heavy atom. The van der Waals surface area contributed by atoms with Crippen LogP contribution in [-0.2, 0) is 4.74 Å². The third-order valence-corrected chi connectivity index (χ3v) is 5.36. The molecule has 0 bridgehead atoms. The molecule has 1 aliphatic heterocycles. The van der Waals surface area contributed by atoms with Crippen LogP contribution in [0.4, 0.5) is 0 Å². The van der Waals surface area contributed by atoms with Crippen LogP contribution in [0, 0.1) is 0 Å². The first-order valence-electron chi connectivity index (χ1n) is 6.27. The van der Waals surface area contributed by atoms with E-state index in [2.05, 4.69) is 46.5 Å². The van der Waals surface area contributed by atoms with Crippen LogP contribution in [0.2, 0.25) is 0 Å². The fourth-order valence-corrected chi connectivity index (χ4v) is 4.30. The zero-order valence-corrected chi connectivity index (χ0v) is 12.9. The van der Waals surface area contributed by atoms with Crippen molar-refractivity contribution < 1.29 is 4.74 Å². The zero-order valence-electron chi connectivity index (χ0n) is 10.5. The van der Waals surface area contributed by atoms with Crippen molar-refractivity contribution in [1.82, 2.24) is 5.32 Å². The van der Waals surface area contributed by atoms with E-state index in [1.54, 1.807) is 11.3 Å². The summed E-state index contributed by atoms with van der Waals surface area (Å²) < 4.78 is 7.28. The third-order valence-electron chi connectivity index (χ3n) is 3.43. The maximum Gasteiger partial charge on any atom is 0.0856 e. The van der Waals surface area contributed by atoms with Crippen LogP contribution >= 0.6 is 27.3 Å². The highest BCUT2D eigenvalue weighted by Gasteiger charge is 2.38. The average molecular weight is 318 g/mol. The molecule has 0 aliphatic carbocycles. The predicted molar refractivity (Wildman–Crippen MR) is 76.6 cm³/mol. The van der Waals surface area contributed by atoms with Crippen molar-refractivity contribution in [2.45, 2.75) is 44.8 Å². The van der Waals surface area contributed by atoms with Gasteiger partial charge < -0.3 is 10.1 Å². The van der Waals surface area contributed by atoms with Crippen molar-refractivity contribution in [1.29, 1.82) is 0 Å². The van der Waals surface area contributed by atoms with Crippen molar-refractivity contribution >= 4 is 27.3 Å². The van der Waals surface area contributed by atoms with Crippen LogP contribution in [0.1, 0.15) is 44.0 Å². The van der Waals surface area contributed by atoms with Gasteiger partial charge in [0.1, 0.15) is 0 Å². The van der Waals surface area contributed by atoms with Gasteiger partial charge in [0.15, 0.2) is 0 Å². The van der Waals surface area contributed by atoms with Crippen LogP contribution in [0.25, 0.3) is 0 Å². The minimum atomic E-state index is -0.0678. The van der Waals surface area contributed by atoms with Crippen molar-refractivity contribution in [3.05, 3.63) is 20.8 Å². The van der Waals surface area contributed by atoms with Gasteiger partial charge in [-0.1, -0.05) is 6.92 Å². The van der Waals surface area contributed by atoms with Crippen molar-refractivity contribution in [3.63, 3.8) is 0 Å². The quantitative estimate of drug-likeness (QED) is 0.902. The van der Waals surface area contributed by atoms with Gasteiger partial charge in [0.2, 0.25) is 0 Å². The molecule has 0 radical (unpaired) electrons. The molecule has 0 spiro atoms. The summed E-state index contributed by atoms with van der Waals surface area (Å²) in [4.78, 5) is 1.36. The first-order chi connectivity index (χ1) is 8.17. The van der Waals surface area contributed by atoms with Gasteiger partial charge >= 0.3 is 0 Å². The van der Waals surface area contributed by atoms with Gasteiger partial charge in [-0.3, -0.25) is 0 Å². The normalized spacial score (nSPS) is 27.0. The van der Waals surface area contributed by atoms with Crippen LogP contribution in [-0.4, -0.2) is 18.8 Å². The van der Waals surface area contributed by atoms with Gasteiger partial charge in [0, 0.05) is 16.0 Å². The number of thiophene rings is 1. The van der Waals surface area contributed by atoms with E-state index < -0.39 is 0 Å². The number of ether oxygens (including phenoxy) is 1. The van der Waals surface area contributed by atoms with Gasteiger partial charge in [-0.25, -0.2) is 0 Å². The molecule has 17 heavy (non-hydrogen) atoms. The second-order valence-electron chi connectivity index (χ2n) is 4.74. The maximum atomic E-state index is 6.08. The minimum absolute atomic E-state index is 0.0678. The lowest BCUT2D eigenvalue weighted by Gasteiger charge is -2.40. The van der Waals surface area contributed by atoms with E-state index in [1.165, 1.54) is 22.2 Å². The molecule has 2 atom stereocenters. The summed E-state index contributed by atoms with van der Waals surface area (Å²) in [5.74, 6) is 0. The second kappa shape index (κ2) is 5.83. The van der Waals surface area contributed by atoms with Crippen LogP contribution in [0.15, 0.2) is 15.9 Å². The molecule has 1 aromatic heterocycles. The Morgan fingerprint density at radius 3 is 2.94 bits per heavy atom. The predicted octanol–water partition coefficient (Wildman–Crippen LogP) is 4.12. The first kappa shape index (κ1) is 13.5. The summed E-state index contributed by atoms with van der Waals surface area (Å²) in [7, 11) is 0. The van der Waals surface area contributed by atoms with E-state index in [1.807, 2.05) is 0 Å². The molecule has 1 fully saturated rings. The molecule has 0 amide bonds. The molecule has 1 aromatic rings. The van der Waals surface area contributed by atoms with Gasteiger partial charge in [-0.2, -0.15) is 0 Å². The summed E-state index contributed by atoms with van der Waals surface area (Å²) in [6, 6.07) is 2.42. The number of halogens is 1. The minimum Gasteiger partial charge on any atom is -0.373 e. The number of hydrogen-bond acceptors (Lipinski definition) is 3. The fourth-order valence-electron chi connectivity index (χ4n) is 2.48. The van der Waals surface area contributed by atoms with Crippen molar-refractivity contribution in [3.8, 4) is 0 Å². The van der Waals surface area contributed by atoms with Gasteiger partial charge in [0.25, 0.3) is 0 Å². The van der Waals surface area contributed by atoms with E-state index in [-0.39, 0.29) is 5.60 Å². The lowest BCUT2D eigenvalue weighted by atomic mass is 9.87. The standard InChI is InChI=1S/C13H20BrNOS/c1-3-15-12(11-10(14)6-9-17-11)13(2)7-4-5-8-16-13/h6,9,12,15H,3-5,7-8H2,1-2H3. The summed E-state index contributed by atoms with van der Waals surface area (Å²) in [6.45, 7) is 6.25. The van der Waals surface area contributed by atoms with Gasteiger partial charge in [-0.15, -0.1) is 11.3 Å². The Kier molecular flexibility index (Phi) is 4.64. The molecule has 2 unspecified atom stereocenters. The van der Waals surface area contributed by atoms with Crippen LogP contribution < -0.4 is 5.32 Å². The Bertz CT molecular complexity index is 360. The molecule has 0 saturated carbocycles. The molecule has 2 nitrogen and oxygen atoms in total. The second-order valence-corrected chi connectivity index (χ2v) is 6.54. The summed E-state index contributed by atoms with van der Waals surface area (Å²) in [5, 5.41) is 5.73. The lowest BCUT2D eigenvalue weighted by molar-refractivity contribution is -0.0889. The van der Waals surface area contributed by atoms with E-state index in [0.29, 0.717) is 6.04 Å². The Labute approximate surface area is 116 Å². The van der Waals surface area contributed by atoms with Crippen LogP contribution in [0.3, 0.4) is 0 Å².